The lowest BCUT2D eigenvalue weighted by atomic mass is 10.0. The number of benzene rings is 1. The van der Waals surface area contributed by atoms with E-state index < -0.39 is 0 Å². The highest BCUT2D eigenvalue weighted by Crippen LogP contribution is 2.25. The van der Waals surface area contributed by atoms with E-state index in [2.05, 4.69) is 44.3 Å². The zero-order chi connectivity index (χ0) is 23.2. The van der Waals surface area contributed by atoms with Crippen LogP contribution in [0.3, 0.4) is 0 Å². The van der Waals surface area contributed by atoms with E-state index in [9.17, 15) is 4.79 Å². The van der Waals surface area contributed by atoms with Gasteiger partial charge in [0.15, 0.2) is 5.82 Å². The molecule has 1 N–H and O–H groups in total. The molecule has 0 unspecified atom stereocenters. The van der Waals surface area contributed by atoms with E-state index in [1.54, 1.807) is 17.8 Å². The van der Waals surface area contributed by atoms with Crippen molar-refractivity contribution in [2.45, 2.75) is 39.2 Å². The van der Waals surface area contributed by atoms with Crippen molar-refractivity contribution in [1.29, 1.82) is 0 Å². The minimum atomic E-state index is 0.229. The first-order chi connectivity index (χ1) is 16.0. The van der Waals surface area contributed by atoms with Crippen molar-refractivity contribution in [3.05, 3.63) is 61.4 Å². The molecule has 170 valence electrons. The van der Waals surface area contributed by atoms with E-state index in [1.165, 1.54) is 19.3 Å². The molecule has 4 aromatic rings. The Morgan fingerprint density at radius 3 is 2.39 bits per heavy atom. The Labute approximate surface area is 193 Å². The molecular formula is C25H29N7O. The van der Waals surface area contributed by atoms with Gasteiger partial charge in [-0.1, -0.05) is 18.2 Å². The van der Waals surface area contributed by atoms with E-state index in [-0.39, 0.29) is 5.91 Å². The summed E-state index contributed by atoms with van der Waals surface area (Å²) in [6.07, 6.45) is 14.7. The lowest BCUT2D eigenvalue weighted by Gasteiger charge is -2.32. The molecule has 3 aromatic heterocycles. The molecule has 5 rings (SSSR count). The van der Waals surface area contributed by atoms with E-state index >= 15 is 0 Å². The largest absolute Gasteiger partial charge is 0.340 e. The maximum absolute atomic E-state index is 10.9. The molecule has 1 aromatic carbocycles. The van der Waals surface area contributed by atoms with Crippen LogP contribution in [0.25, 0.3) is 33.6 Å². The maximum Gasteiger partial charge on any atom is 0.219 e. The van der Waals surface area contributed by atoms with Crippen molar-refractivity contribution in [1.82, 2.24) is 34.8 Å². The fourth-order valence-electron chi connectivity index (χ4n) is 4.01. The van der Waals surface area contributed by atoms with Crippen molar-refractivity contribution < 1.29 is 4.79 Å². The first-order valence-corrected chi connectivity index (χ1v) is 11.2. The van der Waals surface area contributed by atoms with Gasteiger partial charge < -0.3 is 4.90 Å². The summed E-state index contributed by atoms with van der Waals surface area (Å²) in [5.41, 5.74) is 5.05. The number of carbonyl (C=O) groups excluding carboxylic acids is 1. The summed E-state index contributed by atoms with van der Waals surface area (Å²) in [6.45, 7) is 4.75. The number of aromatic amines is 1. The van der Waals surface area contributed by atoms with Gasteiger partial charge in [-0.3, -0.25) is 14.6 Å². The van der Waals surface area contributed by atoms with E-state index in [1.807, 2.05) is 55.1 Å². The standard InChI is InChI=1S/C17H14N6.C8H15NO/c1-23-11-16(10-22-23)12-3-2-4-13(5-12)17-18-6-14(7-19-17)15-8-20-21-9-15;1-7-5-3-4-6-9(7)8(2)10/h2-11H,1H3,(H,20,21);7H,3-6H2,1-2H3/t;7-/m.0/s1. The molecule has 0 saturated carbocycles. The summed E-state index contributed by atoms with van der Waals surface area (Å²) in [6, 6.07) is 8.62. The van der Waals surface area contributed by atoms with Gasteiger partial charge in [0.2, 0.25) is 5.91 Å². The van der Waals surface area contributed by atoms with Gasteiger partial charge in [-0.25, -0.2) is 9.97 Å². The number of aromatic nitrogens is 6. The molecule has 4 heterocycles. The van der Waals surface area contributed by atoms with Crippen LogP contribution >= 0.6 is 0 Å². The first-order valence-electron chi connectivity index (χ1n) is 11.2. The Balaban J connectivity index is 0.000000219. The van der Waals surface area contributed by atoms with Crippen LogP contribution in [0.15, 0.2) is 61.4 Å². The number of nitrogens with zero attached hydrogens (tertiary/aromatic N) is 6. The van der Waals surface area contributed by atoms with Gasteiger partial charge >= 0.3 is 0 Å². The van der Waals surface area contributed by atoms with Crippen LogP contribution in [0.4, 0.5) is 0 Å². The molecular weight excluding hydrogens is 414 g/mol. The summed E-state index contributed by atoms with van der Waals surface area (Å²) >= 11 is 0. The molecule has 0 aliphatic carbocycles. The molecule has 33 heavy (non-hydrogen) atoms. The quantitative estimate of drug-likeness (QED) is 0.508. The smallest absolute Gasteiger partial charge is 0.219 e. The van der Waals surface area contributed by atoms with Crippen LogP contribution in [0.2, 0.25) is 0 Å². The molecule has 8 heteroatoms. The van der Waals surface area contributed by atoms with Gasteiger partial charge in [0.1, 0.15) is 0 Å². The molecule has 1 amide bonds. The second-order valence-electron chi connectivity index (χ2n) is 8.32. The highest BCUT2D eigenvalue weighted by atomic mass is 16.2. The number of piperidine rings is 1. The van der Waals surface area contributed by atoms with Gasteiger partial charge in [0, 0.05) is 73.6 Å². The van der Waals surface area contributed by atoms with Gasteiger partial charge in [0.25, 0.3) is 0 Å². The van der Waals surface area contributed by atoms with Crippen molar-refractivity contribution in [2.75, 3.05) is 6.54 Å². The van der Waals surface area contributed by atoms with Crippen LogP contribution in [0, 0.1) is 0 Å². The minimum Gasteiger partial charge on any atom is -0.340 e. The van der Waals surface area contributed by atoms with Crippen molar-refractivity contribution >= 4 is 5.91 Å². The molecule has 1 saturated heterocycles. The maximum atomic E-state index is 10.9. The minimum absolute atomic E-state index is 0.229. The molecule has 0 bridgehead atoms. The first kappa shape index (κ1) is 22.4. The van der Waals surface area contributed by atoms with E-state index in [0.29, 0.717) is 11.9 Å². The number of amides is 1. The van der Waals surface area contributed by atoms with Crippen LogP contribution in [0.5, 0.6) is 0 Å². The van der Waals surface area contributed by atoms with Crippen molar-refractivity contribution in [2.24, 2.45) is 7.05 Å². The molecule has 1 aliphatic heterocycles. The molecule has 8 nitrogen and oxygen atoms in total. The third-order valence-electron chi connectivity index (χ3n) is 5.85. The van der Waals surface area contributed by atoms with E-state index in [0.717, 1.165) is 34.4 Å². The number of aryl methyl sites for hydroxylation is 1. The highest BCUT2D eigenvalue weighted by molar-refractivity contribution is 5.73. The van der Waals surface area contributed by atoms with Crippen LogP contribution < -0.4 is 0 Å². The average Bonchev–Trinajstić information content (AvgIpc) is 3.52. The molecule has 1 fully saturated rings. The van der Waals surface area contributed by atoms with Crippen molar-refractivity contribution in [3.63, 3.8) is 0 Å². The monoisotopic (exact) mass is 443 g/mol. The Hall–Kier alpha value is -3.81. The molecule has 0 radical (unpaired) electrons. The fraction of sp³-hybridized carbons (Fsp3) is 0.320. The van der Waals surface area contributed by atoms with Crippen molar-refractivity contribution in [3.8, 4) is 33.6 Å². The summed E-state index contributed by atoms with van der Waals surface area (Å²) in [7, 11) is 1.91. The Morgan fingerprint density at radius 2 is 1.79 bits per heavy atom. The van der Waals surface area contributed by atoms with Gasteiger partial charge in [-0.2, -0.15) is 10.2 Å². The fourth-order valence-corrected chi connectivity index (χ4v) is 4.01. The van der Waals surface area contributed by atoms with Crippen LogP contribution in [0.1, 0.15) is 33.1 Å². The molecule has 1 atom stereocenters. The number of H-pyrrole nitrogens is 1. The summed E-state index contributed by atoms with van der Waals surface area (Å²) in [5, 5.41) is 10.9. The Bertz CT molecular complexity index is 1180. The number of likely N-dealkylation sites (tertiary alicyclic amines) is 1. The lowest BCUT2D eigenvalue weighted by molar-refractivity contribution is -0.131. The summed E-state index contributed by atoms with van der Waals surface area (Å²) in [4.78, 5) is 21.8. The zero-order valence-corrected chi connectivity index (χ0v) is 19.3. The van der Waals surface area contributed by atoms with Gasteiger partial charge in [-0.15, -0.1) is 0 Å². The highest BCUT2D eigenvalue weighted by Gasteiger charge is 2.19. The van der Waals surface area contributed by atoms with Gasteiger partial charge in [0.05, 0.1) is 12.4 Å². The number of hydrogen-bond acceptors (Lipinski definition) is 5. The normalized spacial score (nSPS) is 15.6. The molecule has 1 aliphatic rings. The van der Waals surface area contributed by atoms with Crippen LogP contribution in [-0.4, -0.2) is 53.3 Å². The van der Waals surface area contributed by atoms with Crippen LogP contribution in [-0.2, 0) is 11.8 Å². The predicted molar refractivity (Wildman–Crippen MR) is 128 cm³/mol. The molecule has 0 spiro atoms. The average molecular weight is 444 g/mol. The number of carbonyl (C=O) groups is 1. The second-order valence-corrected chi connectivity index (χ2v) is 8.32. The SMILES string of the molecule is CC(=O)N1CCCC[C@@H]1C.Cn1cc(-c2cccc(-c3ncc(-c4cn[nH]c4)cn3)c2)cn1. The summed E-state index contributed by atoms with van der Waals surface area (Å²) in [5.74, 6) is 0.926. The second kappa shape index (κ2) is 10.2. The number of hydrogen-bond donors (Lipinski definition) is 1. The number of nitrogens with one attached hydrogen (secondary N) is 1. The van der Waals surface area contributed by atoms with Gasteiger partial charge in [-0.05, 0) is 37.8 Å². The lowest BCUT2D eigenvalue weighted by Crippen LogP contribution is -2.40. The Kier molecular flexibility index (Phi) is 6.92. The Morgan fingerprint density at radius 1 is 1.00 bits per heavy atom. The number of rotatable bonds is 3. The topological polar surface area (TPSA) is 92.6 Å². The third kappa shape index (κ3) is 5.52. The predicted octanol–water partition coefficient (Wildman–Crippen LogP) is 4.34. The zero-order valence-electron chi connectivity index (χ0n) is 19.3. The van der Waals surface area contributed by atoms with E-state index in [4.69, 9.17) is 0 Å². The third-order valence-corrected chi connectivity index (χ3v) is 5.85. The summed E-state index contributed by atoms with van der Waals surface area (Å²) < 4.78 is 1.79.